The summed E-state index contributed by atoms with van der Waals surface area (Å²) in [5.74, 6) is -0.291. The number of pyridine rings is 1. The van der Waals surface area contributed by atoms with Gasteiger partial charge in [-0.15, -0.1) is 0 Å². The first-order chi connectivity index (χ1) is 14.2. The van der Waals surface area contributed by atoms with Crippen LogP contribution in [0.1, 0.15) is 35.1 Å². The van der Waals surface area contributed by atoms with Crippen LogP contribution < -0.4 is 10.1 Å². The van der Waals surface area contributed by atoms with Crippen LogP contribution in [0.3, 0.4) is 0 Å². The van der Waals surface area contributed by atoms with Crippen LogP contribution >= 0.6 is 11.3 Å². The molecule has 1 amide bonds. The van der Waals surface area contributed by atoms with Crippen molar-refractivity contribution in [2.75, 3.05) is 13.7 Å². The quantitative estimate of drug-likeness (QED) is 0.495. The average Bonchev–Trinajstić information content (AvgIpc) is 3.37. The number of thiazole rings is 1. The molecule has 0 aliphatic rings. The summed E-state index contributed by atoms with van der Waals surface area (Å²) < 4.78 is 44.1. The molecule has 0 fully saturated rings. The molecule has 0 aliphatic heterocycles. The highest BCUT2D eigenvalue weighted by molar-refractivity contribution is 7.20. The molecule has 2 N–H and O–H groups in total. The summed E-state index contributed by atoms with van der Waals surface area (Å²) in [6, 6.07) is 1.82. The zero-order valence-electron chi connectivity index (χ0n) is 16.2. The van der Waals surface area contributed by atoms with E-state index in [1.54, 1.807) is 10.7 Å². The number of hydrogen-bond donors (Lipinski definition) is 2. The van der Waals surface area contributed by atoms with Gasteiger partial charge in [-0.3, -0.25) is 4.79 Å². The minimum atomic E-state index is -4.48. The smallest absolute Gasteiger partial charge is 0.405 e. The molecule has 0 unspecified atom stereocenters. The summed E-state index contributed by atoms with van der Waals surface area (Å²) in [7, 11) is 1.54. The number of halogens is 3. The Hall–Kier alpha value is -3.15. The molecule has 30 heavy (non-hydrogen) atoms. The molecular weight excluding hydrogens is 421 g/mol. The number of nitrogens with zero attached hydrogens (tertiary/aromatic N) is 4. The van der Waals surface area contributed by atoms with Crippen molar-refractivity contribution in [1.29, 1.82) is 0 Å². The first kappa shape index (κ1) is 20.1. The number of carbonyl (C=O) groups is 1. The third-order valence-corrected chi connectivity index (χ3v) is 5.43. The number of rotatable bonds is 5. The Morgan fingerprint density at radius 3 is 2.83 bits per heavy atom. The normalized spacial score (nSPS) is 12.2. The van der Waals surface area contributed by atoms with Crippen molar-refractivity contribution in [1.82, 2.24) is 29.9 Å². The minimum absolute atomic E-state index is 0.0272. The molecule has 0 aliphatic carbocycles. The highest BCUT2D eigenvalue weighted by Gasteiger charge is 2.29. The highest BCUT2D eigenvalue weighted by Crippen LogP contribution is 2.38. The molecule has 12 heteroatoms. The van der Waals surface area contributed by atoms with Crippen LogP contribution in [0.25, 0.3) is 27.3 Å². The number of ether oxygens (including phenoxy) is 1. The minimum Gasteiger partial charge on any atom is -0.493 e. The maximum Gasteiger partial charge on any atom is 0.405 e. The number of aromatic nitrogens is 5. The zero-order valence-corrected chi connectivity index (χ0v) is 17.0. The van der Waals surface area contributed by atoms with Crippen molar-refractivity contribution in [3.8, 4) is 17.0 Å². The van der Waals surface area contributed by atoms with Gasteiger partial charge in [-0.1, -0.05) is 25.2 Å². The van der Waals surface area contributed by atoms with Crippen molar-refractivity contribution in [2.24, 2.45) is 0 Å². The van der Waals surface area contributed by atoms with Crippen LogP contribution in [0.15, 0.2) is 18.6 Å². The second-order valence-electron chi connectivity index (χ2n) is 6.89. The largest absolute Gasteiger partial charge is 0.493 e. The molecule has 4 heterocycles. The molecule has 158 valence electrons. The van der Waals surface area contributed by atoms with E-state index in [2.05, 4.69) is 20.1 Å². The van der Waals surface area contributed by atoms with Gasteiger partial charge in [-0.05, 0) is 12.0 Å². The molecule has 0 radical (unpaired) electrons. The molecule has 4 aromatic heterocycles. The molecule has 0 atom stereocenters. The van der Waals surface area contributed by atoms with E-state index in [0.717, 1.165) is 28.2 Å². The summed E-state index contributed by atoms with van der Waals surface area (Å²) in [6.45, 7) is 2.54. The number of nitrogens with one attached hydrogen (secondary N) is 2. The van der Waals surface area contributed by atoms with E-state index >= 15 is 0 Å². The molecule has 4 rings (SSSR count). The molecule has 0 aromatic carbocycles. The fraction of sp³-hybridized carbons (Fsp3) is 0.333. The molecule has 0 saturated carbocycles. The van der Waals surface area contributed by atoms with Crippen LogP contribution in [0, 0.1) is 0 Å². The zero-order chi connectivity index (χ0) is 21.6. The molecule has 8 nitrogen and oxygen atoms in total. The van der Waals surface area contributed by atoms with Crippen molar-refractivity contribution in [3.63, 3.8) is 0 Å². The highest BCUT2D eigenvalue weighted by atomic mass is 32.1. The maximum atomic E-state index is 12.4. The van der Waals surface area contributed by atoms with Crippen LogP contribution in [0.2, 0.25) is 0 Å². The molecule has 0 spiro atoms. The summed E-state index contributed by atoms with van der Waals surface area (Å²) in [5.41, 5.74) is 3.53. The van der Waals surface area contributed by atoms with Crippen molar-refractivity contribution >= 4 is 33.2 Å². The van der Waals surface area contributed by atoms with E-state index in [0.29, 0.717) is 21.7 Å². The third-order valence-electron chi connectivity index (χ3n) is 4.46. The Bertz CT molecular complexity index is 1240. The van der Waals surface area contributed by atoms with Gasteiger partial charge in [0, 0.05) is 17.3 Å². The average molecular weight is 438 g/mol. The van der Waals surface area contributed by atoms with Crippen LogP contribution in [-0.2, 0) is 0 Å². The lowest BCUT2D eigenvalue weighted by Gasteiger charge is -2.10. The molecule has 4 aromatic rings. The Morgan fingerprint density at radius 2 is 2.17 bits per heavy atom. The van der Waals surface area contributed by atoms with Gasteiger partial charge in [0.05, 0.1) is 12.8 Å². The van der Waals surface area contributed by atoms with Crippen LogP contribution in [0.4, 0.5) is 13.2 Å². The standard InChI is InChI=1S/C18H17F3N6O2S/c1-8(2)11-12(9-4-10(29-3)14-23-7-24-27(14)5-9)25-16-13(11)26-17(30-16)15(28)22-6-18(19,20)21/h4-5,7-8,25H,6H2,1-3H3,(H,22,28). The number of aromatic amines is 1. The van der Waals surface area contributed by atoms with Gasteiger partial charge in [0.2, 0.25) is 0 Å². The van der Waals surface area contributed by atoms with E-state index in [9.17, 15) is 18.0 Å². The van der Waals surface area contributed by atoms with Crippen molar-refractivity contribution in [2.45, 2.75) is 25.9 Å². The predicted octanol–water partition coefficient (Wildman–Crippen LogP) is 3.76. The van der Waals surface area contributed by atoms with Crippen molar-refractivity contribution in [3.05, 3.63) is 29.2 Å². The lowest BCUT2D eigenvalue weighted by Crippen LogP contribution is -2.33. The lowest BCUT2D eigenvalue weighted by molar-refractivity contribution is -0.123. The van der Waals surface area contributed by atoms with Gasteiger partial charge in [-0.25, -0.2) is 14.5 Å². The number of amides is 1. The number of methoxy groups -OCH3 is 1. The van der Waals surface area contributed by atoms with E-state index in [-0.39, 0.29) is 10.9 Å². The van der Waals surface area contributed by atoms with Gasteiger partial charge in [0.15, 0.2) is 16.4 Å². The number of alkyl halides is 3. The monoisotopic (exact) mass is 438 g/mol. The fourth-order valence-corrected chi connectivity index (χ4v) is 4.11. The molecule has 0 bridgehead atoms. The second kappa shape index (κ2) is 7.27. The van der Waals surface area contributed by atoms with Gasteiger partial charge in [0.25, 0.3) is 5.91 Å². The number of H-pyrrole nitrogens is 1. The van der Waals surface area contributed by atoms with E-state index in [4.69, 9.17) is 4.74 Å². The van der Waals surface area contributed by atoms with Gasteiger partial charge in [-0.2, -0.15) is 18.3 Å². The fourth-order valence-electron chi connectivity index (χ4n) is 3.21. The van der Waals surface area contributed by atoms with Crippen LogP contribution in [0.5, 0.6) is 5.75 Å². The van der Waals surface area contributed by atoms with E-state index in [1.165, 1.54) is 13.4 Å². The number of hydrogen-bond acceptors (Lipinski definition) is 6. The SMILES string of the molecule is COc1cc(-c2[nH]c3sc(C(=O)NCC(F)(F)F)nc3c2C(C)C)cn2ncnc12. The third kappa shape index (κ3) is 3.58. The summed E-state index contributed by atoms with van der Waals surface area (Å²) in [6.07, 6.45) is -1.27. The molecule has 0 saturated heterocycles. The maximum absolute atomic E-state index is 12.4. The van der Waals surface area contributed by atoms with Crippen molar-refractivity contribution < 1.29 is 22.7 Å². The second-order valence-corrected chi connectivity index (χ2v) is 7.89. The summed E-state index contributed by atoms with van der Waals surface area (Å²) in [4.78, 5) is 24.4. The van der Waals surface area contributed by atoms with E-state index < -0.39 is 18.6 Å². The Kier molecular flexibility index (Phi) is 4.88. The summed E-state index contributed by atoms with van der Waals surface area (Å²) >= 11 is 1.01. The number of carbonyl (C=O) groups excluding carboxylic acids is 1. The molecular formula is C18H17F3N6O2S. The Balaban J connectivity index is 1.78. The van der Waals surface area contributed by atoms with Gasteiger partial charge in [0.1, 0.15) is 23.2 Å². The first-order valence-corrected chi connectivity index (χ1v) is 9.74. The topological polar surface area (TPSA) is 97.2 Å². The van der Waals surface area contributed by atoms with Crippen LogP contribution in [-0.4, -0.2) is 50.3 Å². The number of fused-ring (bicyclic) bond motifs is 2. The van der Waals surface area contributed by atoms with E-state index in [1.807, 2.05) is 25.2 Å². The predicted molar refractivity (Wildman–Crippen MR) is 105 cm³/mol. The lowest BCUT2D eigenvalue weighted by atomic mass is 9.99. The summed E-state index contributed by atoms with van der Waals surface area (Å²) in [5, 5.41) is 5.98. The Morgan fingerprint density at radius 1 is 1.40 bits per heavy atom. The van der Waals surface area contributed by atoms with Gasteiger partial charge < -0.3 is 15.0 Å². The first-order valence-electron chi connectivity index (χ1n) is 8.93. The van der Waals surface area contributed by atoms with Gasteiger partial charge >= 0.3 is 6.18 Å². The Labute approximate surface area is 172 Å².